The molecule has 2 aromatic carbocycles. The number of sulfonamides is 1. The van der Waals surface area contributed by atoms with Crippen molar-refractivity contribution in [1.82, 2.24) is 5.32 Å². The number of anilines is 1. The van der Waals surface area contributed by atoms with Gasteiger partial charge in [-0.05, 0) is 36.4 Å². The van der Waals surface area contributed by atoms with E-state index in [2.05, 4.69) is 10.0 Å². The van der Waals surface area contributed by atoms with Gasteiger partial charge in [0.2, 0.25) is 0 Å². The summed E-state index contributed by atoms with van der Waals surface area (Å²) < 4.78 is 50.4. The van der Waals surface area contributed by atoms with Gasteiger partial charge in [0, 0.05) is 17.3 Å². The van der Waals surface area contributed by atoms with E-state index in [4.69, 9.17) is 11.6 Å². The predicted molar refractivity (Wildman–Crippen MR) is 105 cm³/mol. The van der Waals surface area contributed by atoms with Crippen molar-refractivity contribution in [2.24, 2.45) is 0 Å². The summed E-state index contributed by atoms with van der Waals surface area (Å²) in [5.74, 6) is -0.774. The summed E-state index contributed by atoms with van der Waals surface area (Å²) in [5.41, 5.74) is 0.173. The molecule has 0 bridgehead atoms. The third kappa shape index (κ3) is 5.95. The summed E-state index contributed by atoms with van der Waals surface area (Å²) in [6, 6.07) is 11.7. The van der Waals surface area contributed by atoms with Crippen molar-refractivity contribution in [2.75, 3.05) is 22.8 Å². The van der Waals surface area contributed by atoms with Crippen LogP contribution in [0.5, 0.6) is 0 Å². The summed E-state index contributed by atoms with van der Waals surface area (Å²) in [6.07, 6.45) is 0. The van der Waals surface area contributed by atoms with Gasteiger partial charge in [-0.2, -0.15) is 0 Å². The minimum atomic E-state index is -3.92. The number of nitrogens with one attached hydrogen (secondary N) is 2. The van der Waals surface area contributed by atoms with Crippen molar-refractivity contribution in [2.45, 2.75) is 11.8 Å². The maximum Gasteiger partial charge on any atom is 0.261 e. The molecular weight excluding hydrogens is 412 g/mol. The van der Waals surface area contributed by atoms with Gasteiger partial charge < -0.3 is 5.32 Å². The van der Waals surface area contributed by atoms with Crippen LogP contribution in [0.2, 0.25) is 5.02 Å². The van der Waals surface area contributed by atoms with Gasteiger partial charge in [0.1, 0.15) is 0 Å². The molecule has 0 aromatic heterocycles. The average Bonchev–Trinajstić information content (AvgIpc) is 2.62. The van der Waals surface area contributed by atoms with E-state index in [1.807, 2.05) is 0 Å². The molecule has 0 atom stereocenters. The van der Waals surface area contributed by atoms with E-state index >= 15 is 0 Å². The third-order valence-electron chi connectivity index (χ3n) is 3.68. The first-order valence-electron chi connectivity index (χ1n) is 8.00. The predicted octanol–water partition coefficient (Wildman–Crippen LogP) is 2.31. The Balaban J connectivity index is 2.17. The Morgan fingerprint density at radius 2 is 1.63 bits per heavy atom. The van der Waals surface area contributed by atoms with Crippen LogP contribution in [0.3, 0.4) is 0 Å². The van der Waals surface area contributed by atoms with E-state index in [9.17, 15) is 21.6 Å². The molecule has 0 radical (unpaired) electrons. The molecule has 146 valence electrons. The first-order chi connectivity index (χ1) is 12.6. The number of para-hydroxylation sites is 1. The van der Waals surface area contributed by atoms with Crippen molar-refractivity contribution in [3.63, 3.8) is 0 Å². The molecule has 0 unspecified atom stereocenters. The fourth-order valence-electron chi connectivity index (χ4n) is 2.15. The van der Waals surface area contributed by atoms with Gasteiger partial charge >= 0.3 is 0 Å². The lowest BCUT2D eigenvalue weighted by molar-refractivity contribution is 0.0957. The summed E-state index contributed by atoms with van der Waals surface area (Å²) in [7, 11) is -7.13. The van der Waals surface area contributed by atoms with Crippen molar-refractivity contribution in [3.8, 4) is 0 Å². The summed E-state index contributed by atoms with van der Waals surface area (Å²) >= 11 is 5.77. The van der Waals surface area contributed by atoms with Crippen LogP contribution in [0.1, 0.15) is 17.3 Å². The molecule has 2 rings (SSSR count). The summed E-state index contributed by atoms with van der Waals surface area (Å²) in [6.45, 7) is 1.46. The Labute approximate surface area is 163 Å². The Kier molecular flexibility index (Phi) is 6.85. The molecule has 2 N–H and O–H groups in total. The van der Waals surface area contributed by atoms with Crippen LogP contribution in [0.4, 0.5) is 5.69 Å². The van der Waals surface area contributed by atoms with Crippen molar-refractivity contribution < 1.29 is 21.6 Å². The zero-order valence-electron chi connectivity index (χ0n) is 14.5. The van der Waals surface area contributed by atoms with Crippen LogP contribution in [0.15, 0.2) is 53.4 Å². The molecule has 0 aliphatic rings. The lowest BCUT2D eigenvalue weighted by atomic mass is 10.2. The van der Waals surface area contributed by atoms with Crippen molar-refractivity contribution >= 4 is 43.1 Å². The van der Waals surface area contributed by atoms with Gasteiger partial charge in [-0.1, -0.05) is 30.7 Å². The van der Waals surface area contributed by atoms with E-state index in [-0.39, 0.29) is 34.2 Å². The molecule has 0 spiro atoms. The van der Waals surface area contributed by atoms with E-state index in [0.717, 1.165) is 0 Å². The molecular formula is C17H19ClN2O5S2. The number of benzene rings is 2. The Bertz CT molecular complexity index is 1020. The quantitative estimate of drug-likeness (QED) is 0.667. The molecule has 2 aromatic rings. The molecule has 1 amide bonds. The van der Waals surface area contributed by atoms with Gasteiger partial charge in [-0.15, -0.1) is 0 Å². The number of amides is 1. The maximum atomic E-state index is 12.5. The van der Waals surface area contributed by atoms with Gasteiger partial charge in [0.15, 0.2) is 9.84 Å². The lowest BCUT2D eigenvalue weighted by Gasteiger charge is -2.13. The minimum absolute atomic E-state index is 0.00356. The number of rotatable bonds is 8. The minimum Gasteiger partial charge on any atom is -0.351 e. The maximum absolute atomic E-state index is 12.5. The molecule has 10 heteroatoms. The Morgan fingerprint density at radius 1 is 1.00 bits per heavy atom. The van der Waals surface area contributed by atoms with E-state index in [0.29, 0.717) is 5.02 Å². The van der Waals surface area contributed by atoms with E-state index < -0.39 is 25.8 Å². The smallest absolute Gasteiger partial charge is 0.261 e. The largest absolute Gasteiger partial charge is 0.351 e. The highest BCUT2D eigenvalue weighted by molar-refractivity contribution is 7.92. The van der Waals surface area contributed by atoms with Crippen LogP contribution < -0.4 is 10.0 Å². The Morgan fingerprint density at radius 3 is 2.26 bits per heavy atom. The van der Waals surface area contributed by atoms with E-state index in [1.54, 1.807) is 12.1 Å². The van der Waals surface area contributed by atoms with E-state index in [1.165, 1.54) is 43.3 Å². The molecule has 0 saturated carbocycles. The van der Waals surface area contributed by atoms with Crippen LogP contribution >= 0.6 is 11.6 Å². The number of hydrogen-bond acceptors (Lipinski definition) is 5. The second-order valence-corrected chi connectivity index (χ2v) is 10.2. The zero-order chi connectivity index (χ0) is 20.1. The standard InChI is InChI=1S/C17H19ClN2O5S2/c1-2-26(22,23)12-11-19-17(21)15-5-3-4-6-16(15)20-27(24,25)14-9-7-13(18)8-10-14/h3-10,20H,2,11-12H2,1H3,(H,19,21). The van der Waals surface area contributed by atoms with Gasteiger partial charge in [0.25, 0.3) is 15.9 Å². The van der Waals surface area contributed by atoms with Crippen LogP contribution in [0.25, 0.3) is 0 Å². The van der Waals surface area contributed by atoms with Crippen molar-refractivity contribution in [3.05, 3.63) is 59.1 Å². The number of halogens is 1. The first kappa shape index (κ1) is 21.2. The fourth-order valence-corrected chi connectivity index (χ4v) is 4.05. The highest BCUT2D eigenvalue weighted by Gasteiger charge is 2.19. The number of carbonyl (C=O) groups is 1. The molecule has 0 aliphatic heterocycles. The van der Waals surface area contributed by atoms with Gasteiger partial charge in [-0.25, -0.2) is 16.8 Å². The topological polar surface area (TPSA) is 109 Å². The summed E-state index contributed by atoms with van der Waals surface area (Å²) in [5, 5.41) is 2.89. The molecule has 0 saturated heterocycles. The first-order valence-corrected chi connectivity index (χ1v) is 11.7. The fraction of sp³-hybridized carbons (Fsp3) is 0.235. The van der Waals surface area contributed by atoms with Crippen LogP contribution in [0, 0.1) is 0 Å². The third-order valence-corrected chi connectivity index (χ3v) is 7.02. The highest BCUT2D eigenvalue weighted by Crippen LogP contribution is 2.21. The highest BCUT2D eigenvalue weighted by atomic mass is 35.5. The number of carbonyl (C=O) groups excluding carboxylic acids is 1. The van der Waals surface area contributed by atoms with Gasteiger partial charge in [-0.3, -0.25) is 9.52 Å². The second kappa shape index (κ2) is 8.73. The lowest BCUT2D eigenvalue weighted by Crippen LogP contribution is -2.30. The molecule has 7 nitrogen and oxygen atoms in total. The Hall–Kier alpha value is -2.10. The molecule has 0 fully saturated rings. The van der Waals surface area contributed by atoms with Gasteiger partial charge in [0.05, 0.1) is 21.9 Å². The molecule has 0 aliphatic carbocycles. The van der Waals surface area contributed by atoms with Crippen LogP contribution in [-0.4, -0.2) is 40.8 Å². The molecule has 27 heavy (non-hydrogen) atoms. The number of sulfone groups is 1. The molecule has 0 heterocycles. The van der Waals surface area contributed by atoms with Crippen molar-refractivity contribution in [1.29, 1.82) is 0 Å². The van der Waals surface area contributed by atoms with Crippen LogP contribution in [-0.2, 0) is 19.9 Å². The summed E-state index contributed by atoms with van der Waals surface area (Å²) in [4.78, 5) is 12.3. The average molecular weight is 431 g/mol. The monoisotopic (exact) mass is 430 g/mol. The number of hydrogen-bond donors (Lipinski definition) is 2. The SMILES string of the molecule is CCS(=O)(=O)CCNC(=O)c1ccccc1NS(=O)(=O)c1ccc(Cl)cc1. The second-order valence-electron chi connectivity index (χ2n) is 5.60. The normalized spacial score (nSPS) is 11.8. The zero-order valence-corrected chi connectivity index (χ0v) is 16.9.